The highest BCUT2D eigenvalue weighted by atomic mass is 28.4. The van der Waals surface area contributed by atoms with Crippen LogP contribution in [0.3, 0.4) is 0 Å². The van der Waals surface area contributed by atoms with E-state index < -0.39 is 8.32 Å². The topological polar surface area (TPSA) is 39.2 Å². The number of pyridine rings is 1. The lowest BCUT2D eigenvalue weighted by molar-refractivity contribution is 0.0981. The molecule has 1 aromatic heterocycles. The largest absolute Gasteiger partial charge is 0.408 e. The summed E-state index contributed by atoms with van der Waals surface area (Å²) in [7, 11) is -1.98. The number of hydrogen-bond donors (Lipinski definition) is 0. The first kappa shape index (κ1) is 18.3. The Kier molecular flexibility index (Phi) is 5.79. The lowest BCUT2D eigenvalue weighted by Crippen LogP contribution is -2.48. The van der Waals surface area contributed by atoms with Crippen LogP contribution in [0.1, 0.15) is 83.0 Å². The maximum atomic E-state index is 12.3. The van der Waals surface area contributed by atoms with Crippen LogP contribution in [0, 0.1) is 0 Å². The third-order valence-corrected chi connectivity index (χ3v) is 11.5. The molecule has 1 aromatic rings. The van der Waals surface area contributed by atoms with Crippen molar-refractivity contribution < 1.29 is 9.22 Å². The van der Waals surface area contributed by atoms with Gasteiger partial charge in [0.15, 0.2) is 5.78 Å². The summed E-state index contributed by atoms with van der Waals surface area (Å²) in [4.78, 5) is 16.9. The fourth-order valence-corrected chi connectivity index (χ4v) is 9.94. The van der Waals surface area contributed by atoms with Crippen molar-refractivity contribution in [3.8, 4) is 0 Å². The van der Waals surface area contributed by atoms with Crippen LogP contribution < -0.4 is 0 Å². The second kappa shape index (κ2) is 7.26. The van der Waals surface area contributed by atoms with Gasteiger partial charge in [-0.15, -0.1) is 0 Å². The number of rotatable bonds is 5. The second-order valence-electron chi connectivity index (χ2n) is 7.68. The Bertz CT molecular complexity index is 532. The van der Waals surface area contributed by atoms with Crippen LogP contribution in [-0.4, -0.2) is 19.1 Å². The number of aromatic nitrogens is 1. The van der Waals surface area contributed by atoms with Gasteiger partial charge in [0.25, 0.3) is 0 Å². The lowest BCUT2D eigenvalue weighted by Gasteiger charge is -2.44. The standard InChI is InChI=1S/C19H31NO2Si/c1-13(2)23(14(3)4,15(5)6)22-18-11-7-10-17(21)16-9-8-12-20-19(16)18/h8-9,12-15,18H,7,10-11H2,1-6H3/t18-/m0/s1. The quantitative estimate of drug-likeness (QED) is 0.514. The Morgan fingerprint density at radius 2 is 1.74 bits per heavy atom. The molecule has 0 amide bonds. The maximum absolute atomic E-state index is 12.3. The summed E-state index contributed by atoms with van der Waals surface area (Å²) in [5.74, 6) is 0.213. The number of ketones is 1. The Morgan fingerprint density at radius 1 is 1.13 bits per heavy atom. The van der Waals surface area contributed by atoms with Crippen molar-refractivity contribution in [1.29, 1.82) is 0 Å². The van der Waals surface area contributed by atoms with Gasteiger partial charge < -0.3 is 4.43 Å². The lowest BCUT2D eigenvalue weighted by atomic mass is 10.1. The molecular formula is C19H31NO2Si. The van der Waals surface area contributed by atoms with Gasteiger partial charge in [-0.25, -0.2) is 0 Å². The summed E-state index contributed by atoms with van der Waals surface area (Å²) in [6, 6.07) is 3.77. The van der Waals surface area contributed by atoms with E-state index in [1.165, 1.54) is 0 Å². The van der Waals surface area contributed by atoms with Crippen LogP contribution in [0.25, 0.3) is 0 Å². The fourth-order valence-electron chi connectivity index (χ4n) is 4.40. The van der Waals surface area contributed by atoms with Gasteiger partial charge in [0.1, 0.15) is 0 Å². The van der Waals surface area contributed by atoms with Crippen molar-refractivity contribution in [2.45, 2.75) is 83.5 Å². The van der Waals surface area contributed by atoms with Gasteiger partial charge in [-0.1, -0.05) is 41.5 Å². The average Bonchev–Trinajstić information content (AvgIpc) is 2.63. The van der Waals surface area contributed by atoms with Crippen molar-refractivity contribution in [2.75, 3.05) is 0 Å². The van der Waals surface area contributed by atoms with E-state index in [1.54, 1.807) is 6.20 Å². The molecule has 128 valence electrons. The normalized spacial score (nSPS) is 19.3. The Morgan fingerprint density at radius 3 is 2.30 bits per heavy atom. The van der Waals surface area contributed by atoms with E-state index >= 15 is 0 Å². The molecular weight excluding hydrogens is 302 g/mol. The first-order valence-electron chi connectivity index (χ1n) is 8.96. The smallest absolute Gasteiger partial charge is 0.201 e. The molecule has 0 aliphatic heterocycles. The van der Waals surface area contributed by atoms with Crippen molar-refractivity contribution in [1.82, 2.24) is 4.98 Å². The van der Waals surface area contributed by atoms with Crippen LogP contribution in [0.2, 0.25) is 16.6 Å². The average molecular weight is 334 g/mol. The molecule has 0 spiro atoms. The predicted molar refractivity (Wildman–Crippen MR) is 97.3 cm³/mol. The van der Waals surface area contributed by atoms with E-state index in [9.17, 15) is 4.79 Å². The van der Waals surface area contributed by atoms with Gasteiger partial charge in [-0.05, 0) is 41.6 Å². The molecule has 0 fully saturated rings. The molecule has 0 saturated heterocycles. The zero-order valence-corrected chi connectivity index (χ0v) is 16.4. The highest BCUT2D eigenvalue weighted by molar-refractivity contribution is 6.77. The SMILES string of the molecule is CC(C)[Si](O[C@H]1CCCC(=O)c2cccnc21)(C(C)C)C(C)C. The molecule has 1 atom stereocenters. The zero-order chi connectivity index (χ0) is 17.2. The molecule has 4 heteroatoms. The van der Waals surface area contributed by atoms with Crippen molar-refractivity contribution in [3.63, 3.8) is 0 Å². The zero-order valence-electron chi connectivity index (χ0n) is 15.4. The molecule has 1 heterocycles. The molecule has 23 heavy (non-hydrogen) atoms. The van der Waals surface area contributed by atoms with Crippen molar-refractivity contribution >= 4 is 14.1 Å². The highest BCUT2D eigenvalue weighted by Gasteiger charge is 2.47. The van der Waals surface area contributed by atoms with Crippen LogP contribution >= 0.6 is 0 Å². The summed E-state index contributed by atoms with van der Waals surface area (Å²) >= 11 is 0. The predicted octanol–water partition coefficient (Wildman–Crippen LogP) is 5.68. The fraction of sp³-hybridized carbons (Fsp3) is 0.684. The summed E-state index contributed by atoms with van der Waals surface area (Å²) in [5.41, 5.74) is 3.25. The van der Waals surface area contributed by atoms with Gasteiger partial charge >= 0.3 is 0 Å². The van der Waals surface area contributed by atoms with Gasteiger partial charge in [0, 0.05) is 18.2 Å². The highest BCUT2D eigenvalue weighted by Crippen LogP contribution is 2.46. The summed E-state index contributed by atoms with van der Waals surface area (Å²) in [6.07, 6.45) is 4.15. The maximum Gasteiger partial charge on any atom is 0.201 e. The number of carbonyl (C=O) groups excluding carboxylic acids is 1. The summed E-state index contributed by atoms with van der Waals surface area (Å²) in [6.45, 7) is 13.8. The number of Topliss-reactive ketones (excluding diaryl/α,β-unsaturated/α-hetero) is 1. The van der Waals surface area contributed by atoms with Crippen LogP contribution in [0.4, 0.5) is 0 Å². The molecule has 0 N–H and O–H groups in total. The Labute approximate surface area is 142 Å². The molecule has 1 aliphatic carbocycles. The van der Waals surface area contributed by atoms with E-state index in [0.29, 0.717) is 23.0 Å². The van der Waals surface area contributed by atoms with Crippen molar-refractivity contribution in [3.05, 3.63) is 29.6 Å². The molecule has 0 aromatic carbocycles. The molecule has 3 nitrogen and oxygen atoms in total. The Hall–Kier alpha value is -1.00. The molecule has 0 saturated carbocycles. The van der Waals surface area contributed by atoms with E-state index in [4.69, 9.17) is 4.43 Å². The first-order chi connectivity index (χ1) is 10.8. The second-order valence-corrected chi connectivity index (χ2v) is 13.1. The summed E-state index contributed by atoms with van der Waals surface area (Å²) < 4.78 is 6.94. The number of nitrogens with zero attached hydrogens (tertiary/aromatic N) is 1. The van der Waals surface area contributed by atoms with Crippen LogP contribution in [-0.2, 0) is 4.43 Å². The number of hydrogen-bond acceptors (Lipinski definition) is 3. The van der Waals surface area contributed by atoms with E-state index in [-0.39, 0.29) is 11.9 Å². The number of fused-ring (bicyclic) bond motifs is 1. The molecule has 0 unspecified atom stereocenters. The molecule has 1 aliphatic rings. The third kappa shape index (κ3) is 3.43. The summed E-state index contributed by atoms with van der Waals surface area (Å²) in [5, 5.41) is 0. The van der Waals surface area contributed by atoms with Crippen LogP contribution in [0.15, 0.2) is 18.3 Å². The van der Waals surface area contributed by atoms with E-state index in [1.807, 2.05) is 12.1 Å². The minimum Gasteiger partial charge on any atom is -0.408 e. The first-order valence-corrected chi connectivity index (χ1v) is 11.1. The monoisotopic (exact) mass is 333 g/mol. The van der Waals surface area contributed by atoms with Crippen LogP contribution in [0.5, 0.6) is 0 Å². The number of carbonyl (C=O) groups is 1. The van der Waals surface area contributed by atoms with Gasteiger partial charge in [-0.2, -0.15) is 0 Å². The van der Waals surface area contributed by atoms with Gasteiger partial charge in [0.05, 0.1) is 11.8 Å². The van der Waals surface area contributed by atoms with Crippen molar-refractivity contribution in [2.24, 2.45) is 0 Å². The molecule has 2 rings (SSSR count). The molecule has 0 radical (unpaired) electrons. The minimum absolute atomic E-state index is 0.0310. The van der Waals surface area contributed by atoms with Gasteiger partial charge in [-0.3, -0.25) is 9.78 Å². The van der Waals surface area contributed by atoms with Gasteiger partial charge in [0.2, 0.25) is 8.32 Å². The Balaban J connectivity index is 2.44. The minimum atomic E-state index is -1.98. The molecule has 0 bridgehead atoms. The third-order valence-electron chi connectivity index (χ3n) is 5.37. The van der Waals surface area contributed by atoms with E-state index in [0.717, 1.165) is 24.1 Å². The van der Waals surface area contributed by atoms with E-state index in [2.05, 4.69) is 46.5 Å².